The molecule has 0 aliphatic heterocycles. The molecule has 0 N–H and O–H groups in total. The second-order valence-corrected chi connectivity index (χ2v) is 5.77. The summed E-state index contributed by atoms with van der Waals surface area (Å²) in [5.74, 6) is -0.259. The van der Waals surface area contributed by atoms with Crippen LogP contribution < -0.4 is 4.31 Å². The molecule has 0 bridgehead atoms. The number of hydrogen-bond acceptors (Lipinski definition) is 6. The Hall–Kier alpha value is -0.830. The third kappa shape index (κ3) is 5.28. The maximum absolute atomic E-state index is 11.6. The highest BCUT2D eigenvalue weighted by Gasteiger charge is 2.15. The summed E-state index contributed by atoms with van der Waals surface area (Å²) < 4.78 is 6.85. The van der Waals surface area contributed by atoms with Crippen LogP contribution in [0.3, 0.4) is 0 Å². The first-order valence-corrected chi connectivity index (χ1v) is 9.59. The van der Waals surface area contributed by atoms with Crippen molar-refractivity contribution in [1.82, 2.24) is 4.98 Å². The predicted octanol–water partition coefficient (Wildman–Crippen LogP) is 3.43. The summed E-state index contributed by atoms with van der Waals surface area (Å²) in [6.07, 6.45) is 2.65. The van der Waals surface area contributed by atoms with Gasteiger partial charge in [-0.1, -0.05) is 0 Å². The summed E-state index contributed by atoms with van der Waals surface area (Å²) in [7, 11) is 1.48. The van der Waals surface area contributed by atoms with E-state index < -0.39 is 0 Å². The van der Waals surface area contributed by atoms with Gasteiger partial charge in [-0.2, -0.15) is 0 Å². The monoisotopic (exact) mass is 408 g/mol. The molecule has 0 amide bonds. The molecule has 5 nitrogen and oxygen atoms in total. The highest BCUT2D eigenvalue weighted by molar-refractivity contribution is 14.2. The van der Waals surface area contributed by atoms with Crippen molar-refractivity contribution in [3.05, 3.63) is 24.0 Å². The summed E-state index contributed by atoms with van der Waals surface area (Å²) >= 11 is 2.15. The first kappa shape index (κ1) is 17.2. The van der Waals surface area contributed by atoms with Gasteiger partial charge in [0.1, 0.15) is 5.69 Å². The molecule has 1 aromatic rings. The van der Waals surface area contributed by atoms with Gasteiger partial charge in [-0.3, -0.25) is 14.6 Å². The van der Waals surface area contributed by atoms with E-state index in [1.165, 1.54) is 16.0 Å². The number of esters is 1. The van der Waals surface area contributed by atoms with Crippen LogP contribution in [0.2, 0.25) is 0 Å². The fourth-order valence-corrected chi connectivity index (χ4v) is 3.31. The number of ether oxygens (including phenoxy) is 1. The minimum Gasteiger partial charge on any atom is -0.466 e. The smallest absolute Gasteiger partial charge is 0.305 e. The molecule has 0 saturated carbocycles. The van der Waals surface area contributed by atoms with Crippen LogP contribution in [0.4, 0.5) is 5.69 Å². The van der Waals surface area contributed by atoms with Gasteiger partial charge in [0, 0.05) is 56.4 Å². The number of hydrogen-bond donors (Lipinski definition) is 0. The minimum atomic E-state index is -0.191. The van der Waals surface area contributed by atoms with Crippen molar-refractivity contribution in [3.8, 4) is 0 Å². The zero-order valence-corrected chi connectivity index (χ0v) is 14.4. The van der Waals surface area contributed by atoms with Gasteiger partial charge in [0.15, 0.2) is 5.78 Å². The van der Waals surface area contributed by atoms with E-state index in [4.69, 9.17) is 4.74 Å². The highest BCUT2D eigenvalue weighted by Crippen LogP contribution is 2.29. The number of carbonyl (C=O) groups is 2. The number of halogens is 1. The van der Waals surface area contributed by atoms with E-state index in [0.717, 1.165) is 5.69 Å². The number of pyridine rings is 1. The molecule has 0 radical (unpaired) electrons. The van der Waals surface area contributed by atoms with E-state index in [1.807, 2.05) is 10.4 Å². The SMILES string of the molecule is CCOC(=O)CCCN(SI)c1cccnc1C(C)=O. The quantitative estimate of drug-likeness (QED) is 0.284. The molecule has 0 saturated heterocycles. The lowest BCUT2D eigenvalue weighted by Gasteiger charge is -2.21. The molecule has 0 spiro atoms. The van der Waals surface area contributed by atoms with Crippen molar-refractivity contribution in [3.63, 3.8) is 0 Å². The van der Waals surface area contributed by atoms with Crippen molar-refractivity contribution < 1.29 is 14.3 Å². The molecular weight excluding hydrogens is 391 g/mol. The Morgan fingerprint density at radius 1 is 1.50 bits per heavy atom. The van der Waals surface area contributed by atoms with Crippen LogP contribution in [0.1, 0.15) is 37.2 Å². The molecule has 7 heteroatoms. The Kier molecular flexibility index (Phi) is 7.90. The van der Waals surface area contributed by atoms with Gasteiger partial charge in [0.25, 0.3) is 0 Å². The summed E-state index contributed by atoms with van der Waals surface area (Å²) in [4.78, 5) is 27.0. The van der Waals surface area contributed by atoms with Crippen molar-refractivity contribution in [2.45, 2.75) is 26.7 Å². The average molecular weight is 408 g/mol. The summed E-state index contributed by atoms with van der Waals surface area (Å²) in [5.41, 5.74) is 1.23. The third-order valence-corrected chi connectivity index (χ3v) is 4.49. The van der Waals surface area contributed by atoms with Gasteiger partial charge in [-0.15, -0.1) is 0 Å². The largest absolute Gasteiger partial charge is 0.466 e. The molecule has 1 heterocycles. The van der Waals surface area contributed by atoms with Gasteiger partial charge in [0.05, 0.1) is 12.3 Å². The predicted molar refractivity (Wildman–Crippen MR) is 89.1 cm³/mol. The Bertz CT molecular complexity index is 471. The Morgan fingerprint density at radius 2 is 2.25 bits per heavy atom. The number of Topliss-reactive ketones (excluding diaryl/α,β-unsaturated/α-hetero) is 1. The number of anilines is 1. The second-order valence-electron chi connectivity index (χ2n) is 4.01. The third-order valence-electron chi connectivity index (χ3n) is 2.52. The molecule has 110 valence electrons. The number of rotatable bonds is 8. The fraction of sp³-hybridized carbons (Fsp3) is 0.462. The van der Waals surface area contributed by atoms with Gasteiger partial charge < -0.3 is 9.04 Å². The van der Waals surface area contributed by atoms with Crippen molar-refractivity contribution in [2.24, 2.45) is 0 Å². The van der Waals surface area contributed by atoms with Crippen molar-refractivity contribution >= 4 is 47.8 Å². The van der Waals surface area contributed by atoms with E-state index in [2.05, 4.69) is 26.2 Å². The average Bonchev–Trinajstić information content (AvgIpc) is 2.44. The lowest BCUT2D eigenvalue weighted by molar-refractivity contribution is -0.143. The van der Waals surface area contributed by atoms with E-state index in [9.17, 15) is 9.59 Å². The molecule has 0 aromatic carbocycles. The standard InChI is InChI=1S/C13H17IN2O3S/c1-3-19-12(18)7-5-9-16(20-14)11-6-4-8-15-13(11)10(2)17/h4,6,8H,3,5,7,9H2,1-2H3. The zero-order chi connectivity index (χ0) is 15.0. The van der Waals surface area contributed by atoms with Crippen LogP contribution in [0.5, 0.6) is 0 Å². The number of nitrogens with zero attached hydrogens (tertiary/aromatic N) is 2. The number of ketones is 1. The van der Waals surface area contributed by atoms with E-state index in [1.54, 1.807) is 19.2 Å². The van der Waals surface area contributed by atoms with Gasteiger partial charge in [-0.25, -0.2) is 0 Å². The highest BCUT2D eigenvalue weighted by atomic mass is 127. The van der Waals surface area contributed by atoms with Crippen LogP contribution >= 0.6 is 30.3 Å². The number of carbonyl (C=O) groups excluding carboxylic acids is 2. The first-order chi connectivity index (χ1) is 9.60. The fourth-order valence-electron chi connectivity index (χ4n) is 1.66. The number of aromatic nitrogens is 1. The maximum atomic E-state index is 11.6. The molecule has 0 aliphatic rings. The topological polar surface area (TPSA) is 59.5 Å². The maximum Gasteiger partial charge on any atom is 0.305 e. The summed E-state index contributed by atoms with van der Waals surface area (Å²) in [5, 5.41) is 0. The van der Waals surface area contributed by atoms with Crippen LogP contribution in [0, 0.1) is 0 Å². The Labute approximate surface area is 135 Å². The van der Waals surface area contributed by atoms with Crippen LogP contribution in [-0.2, 0) is 9.53 Å². The zero-order valence-electron chi connectivity index (χ0n) is 11.5. The normalized spacial score (nSPS) is 10.2. The van der Waals surface area contributed by atoms with E-state index in [0.29, 0.717) is 31.7 Å². The molecular formula is C13H17IN2O3S. The van der Waals surface area contributed by atoms with Gasteiger partial charge in [0.2, 0.25) is 0 Å². The Balaban J connectivity index is 2.67. The van der Waals surface area contributed by atoms with Crippen molar-refractivity contribution in [2.75, 3.05) is 17.5 Å². The molecule has 0 aliphatic carbocycles. The molecule has 1 aromatic heterocycles. The first-order valence-electron chi connectivity index (χ1n) is 6.28. The molecule has 0 unspecified atom stereocenters. The summed E-state index contributed by atoms with van der Waals surface area (Å²) in [6, 6.07) is 3.66. The van der Waals surface area contributed by atoms with Crippen LogP contribution in [-0.4, -0.2) is 29.9 Å². The van der Waals surface area contributed by atoms with Crippen molar-refractivity contribution in [1.29, 1.82) is 0 Å². The molecule has 0 fully saturated rings. The molecule has 0 atom stereocenters. The molecule has 1 rings (SSSR count). The van der Waals surface area contributed by atoms with Gasteiger partial charge >= 0.3 is 5.97 Å². The second kappa shape index (κ2) is 9.17. The van der Waals surface area contributed by atoms with E-state index >= 15 is 0 Å². The van der Waals surface area contributed by atoms with Gasteiger partial charge in [-0.05, 0) is 25.5 Å². The van der Waals surface area contributed by atoms with Crippen LogP contribution in [0.15, 0.2) is 18.3 Å². The molecule has 20 heavy (non-hydrogen) atoms. The Morgan fingerprint density at radius 3 is 2.85 bits per heavy atom. The van der Waals surface area contributed by atoms with E-state index in [-0.39, 0.29) is 11.8 Å². The lowest BCUT2D eigenvalue weighted by Crippen LogP contribution is -2.19. The lowest BCUT2D eigenvalue weighted by atomic mass is 10.2. The minimum absolute atomic E-state index is 0.0681. The van der Waals surface area contributed by atoms with Crippen LogP contribution in [0.25, 0.3) is 0 Å². The summed E-state index contributed by atoms with van der Waals surface area (Å²) in [6.45, 7) is 4.35.